The molecule has 0 unspecified atom stereocenters. The Bertz CT molecular complexity index is 604. The molecule has 0 bridgehead atoms. The topological polar surface area (TPSA) is 58.2 Å². The molecule has 0 aliphatic carbocycles. The Balaban J connectivity index is 2.18. The number of rotatable bonds is 5. The predicted octanol–water partition coefficient (Wildman–Crippen LogP) is 2.37. The van der Waals surface area contributed by atoms with Gasteiger partial charge in [0.1, 0.15) is 11.4 Å². The van der Waals surface area contributed by atoms with Gasteiger partial charge in [0, 0.05) is 31.1 Å². The highest BCUT2D eigenvalue weighted by atomic mass is 16.5. The second-order valence-electron chi connectivity index (χ2n) is 5.30. The zero-order chi connectivity index (χ0) is 14.7. The standard InChI is InChI=1S/C15H21N3O2/c1-10(2)18(4)6-5-12-8-16-15-14(12)7-13(9-17-15)20-11(3)19/h7-10H,5-6H2,1-4H3,(H,16,17). The molecule has 0 aliphatic heterocycles. The summed E-state index contributed by atoms with van der Waals surface area (Å²) in [5, 5.41) is 1.01. The number of aromatic amines is 1. The molecular weight excluding hydrogens is 254 g/mol. The van der Waals surface area contributed by atoms with Gasteiger partial charge in [0.2, 0.25) is 0 Å². The van der Waals surface area contributed by atoms with E-state index in [1.54, 1.807) is 6.20 Å². The number of H-pyrrole nitrogens is 1. The van der Waals surface area contributed by atoms with Crippen LogP contribution in [0.25, 0.3) is 11.0 Å². The number of likely N-dealkylation sites (N-methyl/N-ethyl adjacent to an activating group) is 1. The minimum atomic E-state index is -0.331. The molecule has 108 valence electrons. The Kier molecular flexibility index (Phi) is 4.39. The van der Waals surface area contributed by atoms with Gasteiger partial charge < -0.3 is 14.6 Å². The summed E-state index contributed by atoms with van der Waals surface area (Å²) in [6.07, 6.45) is 4.47. The molecule has 2 aromatic rings. The maximum atomic E-state index is 11.0. The Hall–Kier alpha value is -1.88. The summed E-state index contributed by atoms with van der Waals surface area (Å²) in [5.41, 5.74) is 2.01. The molecule has 0 aromatic carbocycles. The Morgan fingerprint density at radius 2 is 2.25 bits per heavy atom. The number of fused-ring (bicyclic) bond motifs is 1. The normalized spacial score (nSPS) is 11.5. The summed E-state index contributed by atoms with van der Waals surface area (Å²) in [6, 6.07) is 2.39. The van der Waals surface area contributed by atoms with Gasteiger partial charge in [-0.15, -0.1) is 0 Å². The van der Waals surface area contributed by atoms with E-state index in [0.29, 0.717) is 11.8 Å². The summed E-state index contributed by atoms with van der Waals surface area (Å²) in [7, 11) is 2.11. The Morgan fingerprint density at radius 3 is 2.90 bits per heavy atom. The van der Waals surface area contributed by atoms with Gasteiger partial charge in [-0.25, -0.2) is 4.98 Å². The molecule has 0 spiro atoms. The fourth-order valence-corrected chi connectivity index (χ4v) is 2.02. The van der Waals surface area contributed by atoms with Crippen molar-refractivity contribution in [1.82, 2.24) is 14.9 Å². The number of carbonyl (C=O) groups is 1. The van der Waals surface area contributed by atoms with Gasteiger partial charge in [-0.1, -0.05) is 0 Å². The van der Waals surface area contributed by atoms with Crippen molar-refractivity contribution < 1.29 is 9.53 Å². The van der Waals surface area contributed by atoms with Gasteiger partial charge >= 0.3 is 5.97 Å². The highest BCUT2D eigenvalue weighted by Crippen LogP contribution is 2.22. The molecule has 2 rings (SSSR count). The van der Waals surface area contributed by atoms with Crippen LogP contribution in [0.3, 0.4) is 0 Å². The van der Waals surface area contributed by atoms with E-state index >= 15 is 0 Å². The number of nitrogens with one attached hydrogen (secondary N) is 1. The molecule has 0 aliphatic rings. The average molecular weight is 275 g/mol. The largest absolute Gasteiger partial charge is 0.425 e. The number of aromatic nitrogens is 2. The smallest absolute Gasteiger partial charge is 0.308 e. The van der Waals surface area contributed by atoms with E-state index in [4.69, 9.17) is 4.74 Å². The van der Waals surface area contributed by atoms with Crippen LogP contribution in [0.15, 0.2) is 18.5 Å². The number of carbonyl (C=O) groups excluding carboxylic acids is 1. The summed E-state index contributed by atoms with van der Waals surface area (Å²) >= 11 is 0. The van der Waals surface area contributed by atoms with Gasteiger partial charge in [-0.2, -0.15) is 0 Å². The molecular formula is C15H21N3O2. The highest BCUT2D eigenvalue weighted by Gasteiger charge is 2.09. The highest BCUT2D eigenvalue weighted by molar-refractivity contribution is 5.82. The van der Waals surface area contributed by atoms with E-state index in [0.717, 1.165) is 24.0 Å². The molecule has 5 nitrogen and oxygen atoms in total. The van der Waals surface area contributed by atoms with Crippen molar-refractivity contribution >= 4 is 17.0 Å². The first-order valence-corrected chi connectivity index (χ1v) is 6.82. The third kappa shape index (κ3) is 3.36. The van der Waals surface area contributed by atoms with Crippen LogP contribution < -0.4 is 4.74 Å². The van der Waals surface area contributed by atoms with E-state index in [1.165, 1.54) is 12.5 Å². The zero-order valence-electron chi connectivity index (χ0n) is 12.4. The quantitative estimate of drug-likeness (QED) is 0.851. The monoisotopic (exact) mass is 275 g/mol. The predicted molar refractivity (Wildman–Crippen MR) is 78.9 cm³/mol. The lowest BCUT2D eigenvalue weighted by atomic mass is 10.1. The maximum absolute atomic E-state index is 11.0. The molecule has 5 heteroatoms. The van der Waals surface area contributed by atoms with Crippen LogP contribution in [-0.2, 0) is 11.2 Å². The minimum absolute atomic E-state index is 0.331. The molecule has 0 atom stereocenters. The lowest BCUT2D eigenvalue weighted by Crippen LogP contribution is -2.28. The summed E-state index contributed by atoms with van der Waals surface area (Å²) in [4.78, 5) is 20.7. The number of hydrogen-bond acceptors (Lipinski definition) is 4. The first kappa shape index (κ1) is 14.5. The molecule has 2 aromatic heterocycles. The maximum Gasteiger partial charge on any atom is 0.308 e. The summed E-state index contributed by atoms with van der Waals surface area (Å²) in [6.45, 7) is 6.72. The lowest BCUT2D eigenvalue weighted by Gasteiger charge is -2.20. The van der Waals surface area contributed by atoms with E-state index in [1.807, 2.05) is 12.3 Å². The zero-order valence-corrected chi connectivity index (χ0v) is 12.4. The minimum Gasteiger partial charge on any atom is -0.425 e. The number of ether oxygens (including phenoxy) is 1. The molecule has 20 heavy (non-hydrogen) atoms. The molecule has 0 saturated carbocycles. The second kappa shape index (κ2) is 6.05. The van der Waals surface area contributed by atoms with Crippen molar-refractivity contribution in [2.75, 3.05) is 13.6 Å². The van der Waals surface area contributed by atoms with E-state index in [-0.39, 0.29) is 5.97 Å². The van der Waals surface area contributed by atoms with Gasteiger partial charge in [-0.05, 0) is 38.9 Å². The van der Waals surface area contributed by atoms with Crippen LogP contribution in [0.5, 0.6) is 5.75 Å². The molecule has 1 N–H and O–H groups in total. The van der Waals surface area contributed by atoms with Crippen LogP contribution in [0.4, 0.5) is 0 Å². The third-order valence-corrected chi connectivity index (χ3v) is 3.47. The Morgan fingerprint density at radius 1 is 1.50 bits per heavy atom. The third-order valence-electron chi connectivity index (χ3n) is 3.47. The SMILES string of the molecule is CC(=O)Oc1cnc2[nH]cc(CCN(C)C(C)C)c2c1. The molecule has 0 amide bonds. The van der Waals surface area contributed by atoms with Crippen molar-refractivity contribution in [3.63, 3.8) is 0 Å². The van der Waals surface area contributed by atoms with E-state index in [9.17, 15) is 4.79 Å². The lowest BCUT2D eigenvalue weighted by molar-refractivity contribution is -0.131. The van der Waals surface area contributed by atoms with Crippen LogP contribution in [0.2, 0.25) is 0 Å². The molecule has 0 saturated heterocycles. The number of nitrogens with zero attached hydrogens (tertiary/aromatic N) is 2. The van der Waals surface area contributed by atoms with Gasteiger partial charge in [-0.3, -0.25) is 4.79 Å². The Labute approximate surface area is 118 Å². The van der Waals surface area contributed by atoms with Gasteiger partial charge in [0.25, 0.3) is 0 Å². The molecule has 0 radical (unpaired) electrons. The molecule has 2 heterocycles. The van der Waals surface area contributed by atoms with Crippen molar-refractivity contribution in [2.24, 2.45) is 0 Å². The van der Waals surface area contributed by atoms with E-state index < -0.39 is 0 Å². The fourth-order valence-electron chi connectivity index (χ4n) is 2.02. The van der Waals surface area contributed by atoms with Crippen LogP contribution in [0, 0.1) is 0 Å². The number of esters is 1. The molecule has 0 fully saturated rings. The van der Waals surface area contributed by atoms with Crippen molar-refractivity contribution in [3.05, 3.63) is 24.0 Å². The fraction of sp³-hybridized carbons (Fsp3) is 0.467. The summed E-state index contributed by atoms with van der Waals surface area (Å²) in [5.74, 6) is 0.158. The second-order valence-corrected chi connectivity index (χ2v) is 5.30. The van der Waals surface area contributed by atoms with Crippen LogP contribution >= 0.6 is 0 Å². The van der Waals surface area contributed by atoms with Crippen molar-refractivity contribution in [1.29, 1.82) is 0 Å². The van der Waals surface area contributed by atoms with E-state index in [2.05, 4.69) is 35.8 Å². The van der Waals surface area contributed by atoms with Crippen molar-refractivity contribution in [3.8, 4) is 5.75 Å². The number of pyridine rings is 1. The van der Waals surface area contributed by atoms with Gasteiger partial charge in [0.05, 0.1) is 6.20 Å². The average Bonchev–Trinajstić information content (AvgIpc) is 2.77. The van der Waals surface area contributed by atoms with Crippen LogP contribution in [0.1, 0.15) is 26.3 Å². The first-order chi connectivity index (χ1) is 9.47. The number of hydrogen-bond donors (Lipinski definition) is 1. The van der Waals surface area contributed by atoms with Gasteiger partial charge in [0.15, 0.2) is 0 Å². The first-order valence-electron chi connectivity index (χ1n) is 6.82. The summed E-state index contributed by atoms with van der Waals surface area (Å²) < 4.78 is 5.08. The van der Waals surface area contributed by atoms with Crippen molar-refractivity contribution in [2.45, 2.75) is 33.2 Å². The van der Waals surface area contributed by atoms with Crippen LogP contribution in [-0.4, -0.2) is 40.5 Å².